The predicted octanol–water partition coefficient (Wildman–Crippen LogP) is 4.66. The van der Waals surface area contributed by atoms with Crippen molar-refractivity contribution in [1.29, 1.82) is 0 Å². The Bertz CT molecular complexity index is 1370. The summed E-state index contributed by atoms with van der Waals surface area (Å²) in [5.41, 5.74) is 2.04. The smallest absolute Gasteiger partial charge is 0.196 e. The molecule has 33 heavy (non-hydrogen) atoms. The van der Waals surface area contributed by atoms with E-state index >= 15 is 0 Å². The molecule has 0 spiro atoms. The van der Waals surface area contributed by atoms with Crippen molar-refractivity contribution in [2.75, 3.05) is 5.75 Å². The zero-order valence-electron chi connectivity index (χ0n) is 17.7. The van der Waals surface area contributed by atoms with Crippen LogP contribution in [0.15, 0.2) is 88.9 Å². The van der Waals surface area contributed by atoms with Crippen LogP contribution in [0.1, 0.15) is 21.7 Å². The van der Waals surface area contributed by atoms with Gasteiger partial charge in [0.05, 0.1) is 10.6 Å². The molecule has 1 aromatic heterocycles. The molecule has 0 aliphatic carbocycles. The molecule has 0 bridgehead atoms. The van der Waals surface area contributed by atoms with Crippen molar-refractivity contribution in [2.24, 2.45) is 0 Å². The van der Waals surface area contributed by atoms with E-state index in [1.165, 1.54) is 24.3 Å². The normalized spacial score (nSPS) is 11.5. The van der Waals surface area contributed by atoms with Gasteiger partial charge in [0, 0.05) is 11.3 Å². The van der Waals surface area contributed by atoms with Crippen LogP contribution in [0.4, 0.5) is 4.39 Å². The number of benzene rings is 3. The summed E-state index contributed by atoms with van der Waals surface area (Å²) < 4.78 is 40.8. The van der Waals surface area contributed by atoms with E-state index in [-0.39, 0.29) is 28.0 Å². The predicted molar refractivity (Wildman–Crippen MR) is 125 cm³/mol. The number of nitrogens with zero attached hydrogens (tertiary/aromatic N) is 3. The minimum atomic E-state index is -3.66. The first-order chi connectivity index (χ1) is 15.8. The zero-order valence-corrected chi connectivity index (χ0v) is 19.3. The maximum Gasteiger partial charge on any atom is 0.196 e. The Hall–Kier alpha value is -3.30. The average molecular weight is 482 g/mol. The molecule has 0 N–H and O–H groups in total. The van der Waals surface area contributed by atoms with Crippen molar-refractivity contribution < 1.29 is 17.6 Å². The fourth-order valence-corrected chi connectivity index (χ4v) is 5.28. The molecule has 168 valence electrons. The first kappa shape index (κ1) is 22.9. The molecule has 1 heterocycles. The van der Waals surface area contributed by atoms with E-state index in [2.05, 4.69) is 10.2 Å². The lowest BCUT2D eigenvalue weighted by molar-refractivity contribution is 0.102. The van der Waals surface area contributed by atoms with Gasteiger partial charge in [-0.15, -0.1) is 10.2 Å². The van der Waals surface area contributed by atoms with Crippen molar-refractivity contribution in [1.82, 2.24) is 14.8 Å². The molecule has 4 aromatic rings. The molecular formula is C24H20FN3O3S2. The Morgan fingerprint density at radius 1 is 0.939 bits per heavy atom. The standard InChI is InChI=1S/C24H20FN3O3S2/c1-17-7-13-21(14-8-17)33(30,31)16-23-26-27-24(28(23)20-5-3-2-4-6-20)32-15-22(29)18-9-11-19(25)12-10-18/h2-14H,15-16H2,1H3. The number of thioether (sulfide) groups is 1. The number of aryl methyl sites for hydroxylation is 1. The fourth-order valence-electron chi connectivity index (χ4n) is 3.17. The third-order valence-corrected chi connectivity index (χ3v) is 7.47. The van der Waals surface area contributed by atoms with E-state index in [4.69, 9.17) is 0 Å². The van der Waals surface area contributed by atoms with Crippen LogP contribution in [-0.2, 0) is 15.6 Å². The third-order valence-electron chi connectivity index (χ3n) is 4.91. The molecule has 0 aliphatic rings. The summed E-state index contributed by atoms with van der Waals surface area (Å²) in [6.07, 6.45) is 0. The van der Waals surface area contributed by atoms with Crippen LogP contribution in [0.5, 0.6) is 0 Å². The molecule has 6 nitrogen and oxygen atoms in total. The zero-order chi connectivity index (χ0) is 23.4. The van der Waals surface area contributed by atoms with E-state index in [0.717, 1.165) is 17.3 Å². The van der Waals surface area contributed by atoms with Gasteiger partial charge in [0.15, 0.2) is 26.6 Å². The van der Waals surface area contributed by atoms with E-state index in [0.29, 0.717) is 16.4 Å². The second-order valence-electron chi connectivity index (χ2n) is 7.36. The van der Waals surface area contributed by atoms with Crippen molar-refractivity contribution in [3.8, 4) is 5.69 Å². The van der Waals surface area contributed by atoms with E-state index in [9.17, 15) is 17.6 Å². The number of halogens is 1. The van der Waals surface area contributed by atoms with Gasteiger partial charge in [0.25, 0.3) is 0 Å². The summed E-state index contributed by atoms with van der Waals surface area (Å²) in [7, 11) is -3.66. The maximum absolute atomic E-state index is 13.1. The number of hydrogen-bond donors (Lipinski definition) is 0. The molecule has 0 aliphatic heterocycles. The van der Waals surface area contributed by atoms with Crippen molar-refractivity contribution in [2.45, 2.75) is 22.7 Å². The molecular weight excluding hydrogens is 461 g/mol. The third kappa shape index (κ3) is 5.37. The number of sulfone groups is 1. The van der Waals surface area contributed by atoms with Crippen molar-refractivity contribution in [3.05, 3.63) is 102 Å². The van der Waals surface area contributed by atoms with E-state index < -0.39 is 15.7 Å². The first-order valence-electron chi connectivity index (χ1n) is 10.0. The Morgan fingerprint density at radius 3 is 2.27 bits per heavy atom. The first-order valence-corrected chi connectivity index (χ1v) is 12.7. The number of carbonyl (C=O) groups excluding carboxylic acids is 1. The summed E-state index contributed by atoms with van der Waals surface area (Å²) >= 11 is 1.14. The van der Waals surface area contributed by atoms with Crippen LogP contribution in [0.25, 0.3) is 5.69 Å². The Balaban J connectivity index is 1.63. The van der Waals surface area contributed by atoms with Gasteiger partial charge >= 0.3 is 0 Å². The van der Waals surface area contributed by atoms with Gasteiger partial charge in [-0.3, -0.25) is 9.36 Å². The summed E-state index contributed by atoms with van der Waals surface area (Å²) in [6, 6.07) is 21.1. The van der Waals surface area contributed by atoms with Gasteiger partial charge in [0.2, 0.25) is 0 Å². The largest absolute Gasteiger partial charge is 0.293 e. The number of rotatable bonds is 8. The number of para-hydroxylation sites is 1. The lowest BCUT2D eigenvalue weighted by Gasteiger charge is -2.11. The Labute approximate surface area is 195 Å². The number of Topliss-reactive ketones (excluding diaryl/α,β-unsaturated/α-hetero) is 1. The molecule has 4 rings (SSSR count). The monoisotopic (exact) mass is 481 g/mol. The highest BCUT2D eigenvalue weighted by molar-refractivity contribution is 7.99. The van der Waals surface area contributed by atoms with E-state index in [1.54, 1.807) is 28.8 Å². The maximum atomic E-state index is 13.1. The second-order valence-corrected chi connectivity index (χ2v) is 10.3. The number of ketones is 1. The van der Waals surface area contributed by atoms with Gasteiger partial charge in [-0.1, -0.05) is 47.7 Å². The van der Waals surface area contributed by atoms with Gasteiger partial charge in [-0.25, -0.2) is 12.8 Å². The van der Waals surface area contributed by atoms with Crippen LogP contribution in [0.2, 0.25) is 0 Å². The molecule has 0 saturated carbocycles. The van der Waals surface area contributed by atoms with Crippen molar-refractivity contribution >= 4 is 27.4 Å². The number of aromatic nitrogens is 3. The molecule has 9 heteroatoms. The minimum Gasteiger partial charge on any atom is -0.293 e. The highest BCUT2D eigenvalue weighted by Crippen LogP contribution is 2.25. The lowest BCUT2D eigenvalue weighted by atomic mass is 10.1. The highest BCUT2D eigenvalue weighted by atomic mass is 32.2. The molecule has 0 radical (unpaired) electrons. The lowest BCUT2D eigenvalue weighted by Crippen LogP contribution is -2.11. The fraction of sp³-hybridized carbons (Fsp3) is 0.125. The number of carbonyl (C=O) groups is 1. The van der Waals surface area contributed by atoms with Gasteiger partial charge < -0.3 is 0 Å². The van der Waals surface area contributed by atoms with Gasteiger partial charge in [-0.2, -0.15) is 0 Å². The quantitative estimate of drug-likeness (QED) is 0.269. The van der Waals surface area contributed by atoms with E-state index in [1.807, 2.05) is 37.3 Å². The second kappa shape index (κ2) is 9.68. The topological polar surface area (TPSA) is 81.9 Å². The molecule has 0 unspecified atom stereocenters. The van der Waals surface area contributed by atoms with Crippen LogP contribution in [0, 0.1) is 12.7 Å². The minimum absolute atomic E-state index is 0.0430. The highest BCUT2D eigenvalue weighted by Gasteiger charge is 2.23. The molecule has 0 atom stereocenters. The SMILES string of the molecule is Cc1ccc(S(=O)(=O)Cc2nnc(SCC(=O)c3ccc(F)cc3)n2-c2ccccc2)cc1. The summed E-state index contributed by atoms with van der Waals surface area (Å²) in [6.45, 7) is 1.89. The summed E-state index contributed by atoms with van der Waals surface area (Å²) in [5.74, 6) is -0.663. The molecule has 0 saturated heterocycles. The molecule has 3 aromatic carbocycles. The van der Waals surface area contributed by atoms with Crippen LogP contribution < -0.4 is 0 Å². The van der Waals surface area contributed by atoms with Crippen LogP contribution in [-0.4, -0.2) is 34.7 Å². The summed E-state index contributed by atoms with van der Waals surface area (Å²) in [4.78, 5) is 12.7. The Morgan fingerprint density at radius 2 is 1.61 bits per heavy atom. The van der Waals surface area contributed by atoms with Gasteiger partial charge in [-0.05, 0) is 55.5 Å². The molecule has 0 fully saturated rings. The summed E-state index contributed by atoms with van der Waals surface area (Å²) in [5, 5.41) is 8.69. The van der Waals surface area contributed by atoms with Crippen molar-refractivity contribution in [3.63, 3.8) is 0 Å². The average Bonchev–Trinajstić information content (AvgIpc) is 3.20. The van der Waals surface area contributed by atoms with Gasteiger partial charge in [0.1, 0.15) is 11.6 Å². The molecule has 0 amide bonds. The van der Waals surface area contributed by atoms with Crippen LogP contribution in [0.3, 0.4) is 0 Å². The Kier molecular flexibility index (Phi) is 6.71. The van der Waals surface area contributed by atoms with Crippen LogP contribution >= 0.6 is 11.8 Å². The number of hydrogen-bond acceptors (Lipinski definition) is 6.